The number of benzene rings is 1. The van der Waals surface area contributed by atoms with Gasteiger partial charge in [0.25, 0.3) is 0 Å². The fraction of sp³-hybridized carbons (Fsp3) is 0.364. The third kappa shape index (κ3) is 2.09. The van der Waals surface area contributed by atoms with Crippen LogP contribution in [0.4, 0.5) is 10.1 Å². The van der Waals surface area contributed by atoms with E-state index in [1.807, 2.05) is 0 Å². The van der Waals surface area contributed by atoms with Crippen molar-refractivity contribution in [1.29, 1.82) is 5.41 Å². The number of nitrogens with two attached hydrogens (primary N) is 1. The quantitative estimate of drug-likeness (QED) is 0.419. The molecule has 0 spiro atoms. The van der Waals surface area contributed by atoms with Crippen LogP contribution in [0.25, 0.3) is 0 Å². The first kappa shape index (κ1) is 11.8. The van der Waals surface area contributed by atoms with Crippen molar-refractivity contribution in [3.8, 4) is 0 Å². The maximum absolute atomic E-state index is 13.6. The molecule has 92 valence electrons. The number of halogens is 1. The molecular formula is C11H14FN3O2. The summed E-state index contributed by atoms with van der Waals surface area (Å²) in [5.74, 6) is -0.945. The van der Waals surface area contributed by atoms with Gasteiger partial charge in [-0.3, -0.25) is 5.41 Å². The van der Waals surface area contributed by atoms with Crippen LogP contribution in [0.3, 0.4) is 0 Å². The molecule has 0 aromatic heterocycles. The van der Waals surface area contributed by atoms with E-state index in [1.165, 1.54) is 12.1 Å². The predicted octanol–water partition coefficient (Wildman–Crippen LogP) is -0.348. The van der Waals surface area contributed by atoms with Gasteiger partial charge >= 0.3 is 0 Å². The number of nitrogens with one attached hydrogen (secondary N) is 1. The van der Waals surface area contributed by atoms with Crippen molar-refractivity contribution in [3.63, 3.8) is 0 Å². The Hall–Kier alpha value is -1.66. The molecule has 0 amide bonds. The molecule has 1 aromatic carbocycles. The number of hydrogen-bond donors (Lipinski definition) is 4. The van der Waals surface area contributed by atoms with E-state index in [1.54, 1.807) is 11.0 Å². The molecule has 0 bridgehead atoms. The highest BCUT2D eigenvalue weighted by atomic mass is 19.1. The summed E-state index contributed by atoms with van der Waals surface area (Å²) < 4.78 is 13.6. The number of rotatable bonds is 2. The first-order valence-corrected chi connectivity index (χ1v) is 5.24. The SMILES string of the molecule is N=C(N)c1c(F)cccc1N1CC(O)C(O)C1. The molecule has 1 fully saturated rings. The molecule has 2 atom stereocenters. The Bertz CT molecular complexity index is 442. The molecule has 0 aliphatic carbocycles. The first-order chi connectivity index (χ1) is 8.00. The van der Waals surface area contributed by atoms with Crippen LogP contribution < -0.4 is 10.6 Å². The van der Waals surface area contributed by atoms with E-state index >= 15 is 0 Å². The Morgan fingerprint density at radius 1 is 1.35 bits per heavy atom. The summed E-state index contributed by atoms with van der Waals surface area (Å²) in [6.45, 7) is 0.399. The number of amidine groups is 1. The van der Waals surface area contributed by atoms with Crippen LogP contribution in [0.1, 0.15) is 5.56 Å². The summed E-state index contributed by atoms with van der Waals surface area (Å²) in [6.07, 6.45) is -1.73. The zero-order chi connectivity index (χ0) is 12.6. The summed E-state index contributed by atoms with van der Waals surface area (Å²) in [4.78, 5) is 1.62. The molecule has 1 aliphatic rings. The number of nitrogens with zero attached hydrogens (tertiary/aromatic N) is 1. The Labute approximate surface area is 97.8 Å². The topological polar surface area (TPSA) is 93.6 Å². The molecular weight excluding hydrogens is 225 g/mol. The molecule has 5 nitrogen and oxygen atoms in total. The van der Waals surface area contributed by atoms with Crippen molar-refractivity contribution >= 4 is 11.5 Å². The fourth-order valence-electron chi connectivity index (χ4n) is 2.01. The van der Waals surface area contributed by atoms with Gasteiger partial charge in [0.2, 0.25) is 0 Å². The van der Waals surface area contributed by atoms with Gasteiger partial charge in [0.1, 0.15) is 11.7 Å². The first-order valence-electron chi connectivity index (χ1n) is 5.24. The highest BCUT2D eigenvalue weighted by Crippen LogP contribution is 2.26. The van der Waals surface area contributed by atoms with Crippen LogP contribution in [0.2, 0.25) is 0 Å². The van der Waals surface area contributed by atoms with Gasteiger partial charge in [-0.2, -0.15) is 0 Å². The normalized spacial score (nSPS) is 24.1. The van der Waals surface area contributed by atoms with Crippen LogP contribution >= 0.6 is 0 Å². The maximum atomic E-state index is 13.6. The van der Waals surface area contributed by atoms with Crippen LogP contribution in [0.15, 0.2) is 18.2 Å². The molecule has 0 saturated carbocycles. The zero-order valence-electron chi connectivity index (χ0n) is 9.10. The fourth-order valence-corrected chi connectivity index (χ4v) is 2.01. The number of β-amino-alcohol motifs (C(OH)–C–C–N with tert-alkyl or cyclic N) is 2. The lowest BCUT2D eigenvalue weighted by molar-refractivity contribution is 0.0572. The molecule has 6 heteroatoms. The van der Waals surface area contributed by atoms with E-state index in [-0.39, 0.29) is 24.5 Å². The van der Waals surface area contributed by atoms with Crippen LogP contribution in [-0.4, -0.2) is 41.3 Å². The van der Waals surface area contributed by atoms with Gasteiger partial charge < -0.3 is 20.8 Å². The zero-order valence-corrected chi connectivity index (χ0v) is 9.10. The van der Waals surface area contributed by atoms with Crippen molar-refractivity contribution in [2.75, 3.05) is 18.0 Å². The molecule has 17 heavy (non-hydrogen) atoms. The van der Waals surface area contributed by atoms with E-state index in [2.05, 4.69) is 0 Å². The van der Waals surface area contributed by atoms with Gasteiger partial charge in [-0.05, 0) is 12.1 Å². The van der Waals surface area contributed by atoms with E-state index in [9.17, 15) is 14.6 Å². The number of nitrogen functional groups attached to an aromatic ring is 1. The minimum atomic E-state index is -0.863. The second-order valence-electron chi connectivity index (χ2n) is 4.09. The van der Waals surface area contributed by atoms with Crippen molar-refractivity contribution in [3.05, 3.63) is 29.6 Å². The Morgan fingerprint density at radius 3 is 2.47 bits per heavy atom. The average molecular weight is 239 g/mol. The van der Waals surface area contributed by atoms with Crippen molar-refractivity contribution in [2.24, 2.45) is 5.73 Å². The van der Waals surface area contributed by atoms with Gasteiger partial charge in [0.15, 0.2) is 0 Å². The minimum absolute atomic E-state index is 0.00815. The number of aliphatic hydroxyl groups is 2. The Kier molecular flexibility index (Phi) is 2.99. The average Bonchev–Trinajstić information content (AvgIpc) is 2.58. The van der Waals surface area contributed by atoms with Gasteiger partial charge in [-0.15, -0.1) is 0 Å². The van der Waals surface area contributed by atoms with E-state index in [4.69, 9.17) is 11.1 Å². The van der Waals surface area contributed by atoms with Crippen molar-refractivity contribution in [1.82, 2.24) is 0 Å². The second kappa shape index (κ2) is 4.31. The van der Waals surface area contributed by atoms with Crippen molar-refractivity contribution < 1.29 is 14.6 Å². The number of hydrogen-bond acceptors (Lipinski definition) is 4. The summed E-state index contributed by atoms with van der Waals surface area (Å²) in [7, 11) is 0. The largest absolute Gasteiger partial charge is 0.389 e. The third-order valence-electron chi connectivity index (χ3n) is 2.86. The summed E-state index contributed by atoms with van der Waals surface area (Å²) in [6, 6.07) is 4.35. The Morgan fingerprint density at radius 2 is 1.94 bits per heavy atom. The number of anilines is 1. The molecule has 1 saturated heterocycles. The molecule has 0 radical (unpaired) electrons. The summed E-state index contributed by atoms with van der Waals surface area (Å²) in [5.41, 5.74) is 5.78. The lowest BCUT2D eigenvalue weighted by atomic mass is 10.1. The molecule has 1 heterocycles. The van der Waals surface area contributed by atoms with E-state index < -0.39 is 18.0 Å². The van der Waals surface area contributed by atoms with Gasteiger partial charge in [-0.25, -0.2) is 4.39 Å². The van der Waals surface area contributed by atoms with Crippen LogP contribution in [-0.2, 0) is 0 Å². The maximum Gasteiger partial charge on any atom is 0.136 e. The highest BCUT2D eigenvalue weighted by Gasteiger charge is 2.31. The monoisotopic (exact) mass is 239 g/mol. The molecule has 1 aromatic rings. The predicted molar refractivity (Wildman–Crippen MR) is 61.6 cm³/mol. The van der Waals surface area contributed by atoms with Crippen LogP contribution in [0, 0.1) is 11.2 Å². The van der Waals surface area contributed by atoms with Gasteiger partial charge in [-0.1, -0.05) is 6.07 Å². The second-order valence-corrected chi connectivity index (χ2v) is 4.09. The summed E-state index contributed by atoms with van der Waals surface area (Å²) in [5, 5.41) is 26.3. The van der Waals surface area contributed by atoms with E-state index in [0.29, 0.717) is 5.69 Å². The van der Waals surface area contributed by atoms with Gasteiger partial charge in [0.05, 0.1) is 23.5 Å². The molecule has 2 unspecified atom stereocenters. The molecule has 1 aliphatic heterocycles. The van der Waals surface area contributed by atoms with Crippen LogP contribution in [0.5, 0.6) is 0 Å². The Balaban J connectivity index is 2.39. The molecule has 2 rings (SSSR count). The lowest BCUT2D eigenvalue weighted by Gasteiger charge is -2.21. The molecule has 5 N–H and O–H groups in total. The minimum Gasteiger partial charge on any atom is -0.389 e. The third-order valence-corrected chi connectivity index (χ3v) is 2.86. The smallest absolute Gasteiger partial charge is 0.136 e. The number of aliphatic hydroxyl groups excluding tert-OH is 2. The summed E-state index contributed by atoms with van der Waals surface area (Å²) >= 11 is 0. The van der Waals surface area contributed by atoms with Crippen molar-refractivity contribution in [2.45, 2.75) is 12.2 Å². The van der Waals surface area contributed by atoms with E-state index in [0.717, 1.165) is 0 Å². The van der Waals surface area contributed by atoms with Gasteiger partial charge in [0, 0.05) is 13.1 Å². The highest BCUT2D eigenvalue weighted by molar-refractivity contribution is 6.00. The lowest BCUT2D eigenvalue weighted by Crippen LogP contribution is -2.26. The standard InChI is InChI=1S/C11H14FN3O2/c12-6-2-1-3-7(10(6)11(13)14)15-4-8(16)9(17)5-15/h1-3,8-9,16-17H,4-5H2,(H3,13,14).